The van der Waals surface area contributed by atoms with Gasteiger partial charge in [-0.2, -0.15) is 5.26 Å². The van der Waals surface area contributed by atoms with Crippen LogP contribution in [0.1, 0.15) is 23.1 Å². The molecule has 1 heterocycles. The maximum Gasteiger partial charge on any atom is 0.227 e. The summed E-state index contributed by atoms with van der Waals surface area (Å²) in [5, 5.41) is 16.1. The van der Waals surface area contributed by atoms with E-state index in [4.69, 9.17) is 21.4 Å². The van der Waals surface area contributed by atoms with Gasteiger partial charge in [-0.1, -0.05) is 28.9 Å². The van der Waals surface area contributed by atoms with E-state index in [2.05, 4.69) is 10.5 Å². The van der Waals surface area contributed by atoms with Crippen LogP contribution in [0.15, 0.2) is 34.9 Å². The van der Waals surface area contributed by atoms with Gasteiger partial charge in [0.25, 0.3) is 0 Å². The van der Waals surface area contributed by atoms with Crippen molar-refractivity contribution in [2.45, 2.75) is 19.4 Å². The summed E-state index contributed by atoms with van der Waals surface area (Å²) in [5.41, 5.74) is 1.22. The average Bonchev–Trinajstić information content (AvgIpc) is 2.82. The second-order valence-corrected chi connectivity index (χ2v) is 4.72. The van der Waals surface area contributed by atoms with E-state index in [1.165, 1.54) is 0 Å². The highest BCUT2D eigenvalue weighted by Crippen LogP contribution is 2.16. The molecule has 6 heteroatoms. The summed E-state index contributed by atoms with van der Waals surface area (Å²) < 4.78 is 4.88. The molecule has 0 bridgehead atoms. The highest BCUT2D eigenvalue weighted by molar-refractivity contribution is 6.30. The lowest BCUT2D eigenvalue weighted by Gasteiger charge is -2.11. The molecule has 0 saturated carbocycles. The van der Waals surface area contributed by atoms with Crippen LogP contribution in [0.3, 0.4) is 0 Å². The largest absolute Gasteiger partial charge is 0.361 e. The number of amides is 1. The molecule has 1 amide bonds. The minimum atomic E-state index is -0.715. The number of carbonyl (C=O) groups excluding carboxylic acids is 1. The van der Waals surface area contributed by atoms with E-state index in [1.807, 2.05) is 6.07 Å². The van der Waals surface area contributed by atoms with Gasteiger partial charge in [0.1, 0.15) is 11.8 Å². The van der Waals surface area contributed by atoms with Gasteiger partial charge in [-0.15, -0.1) is 0 Å². The predicted octanol–water partition coefficient (Wildman–Crippen LogP) is 2.56. The van der Waals surface area contributed by atoms with Crippen LogP contribution >= 0.6 is 11.6 Å². The number of halogens is 1. The van der Waals surface area contributed by atoms with Crippen molar-refractivity contribution in [1.82, 2.24) is 10.5 Å². The number of hydrogen-bond acceptors (Lipinski definition) is 4. The van der Waals surface area contributed by atoms with E-state index in [1.54, 1.807) is 37.3 Å². The van der Waals surface area contributed by atoms with E-state index < -0.39 is 6.04 Å². The first kappa shape index (κ1) is 14.1. The van der Waals surface area contributed by atoms with Crippen molar-refractivity contribution in [2.75, 3.05) is 0 Å². The molecule has 1 aromatic carbocycles. The van der Waals surface area contributed by atoms with E-state index in [0.29, 0.717) is 22.0 Å². The van der Waals surface area contributed by atoms with Gasteiger partial charge in [-0.05, 0) is 24.6 Å². The van der Waals surface area contributed by atoms with Crippen molar-refractivity contribution in [3.8, 4) is 6.07 Å². The smallest absolute Gasteiger partial charge is 0.227 e. The molecule has 0 aliphatic rings. The van der Waals surface area contributed by atoms with Crippen LogP contribution in [0.5, 0.6) is 0 Å². The second kappa shape index (κ2) is 6.22. The predicted molar refractivity (Wildman–Crippen MR) is 72.9 cm³/mol. The second-order valence-electron chi connectivity index (χ2n) is 4.29. The number of nitriles is 1. The summed E-state index contributed by atoms with van der Waals surface area (Å²) >= 11 is 5.79. The van der Waals surface area contributed by atoms with Gasteiger partial charge in [0.2, 0.25) is 5.91 Å². The topological polar surface area (TPSA) is 78.9 Å². The number of carbonyl (C=O) groups is 1. The molecule has 0 spiro atoms. The Morgan fingerprint density at radius 2 is 2.20 bits per heavy atom. The summed E-state index contributed by atoms with van der Waals surface area (Å²) in [6.45, 7) is 1.75. The standard InChI is InChI=1S/C14H12ClN3O2/c1-9-6-12(18-20-9)7-14(19)17-13(8-16)10-2-4-11(15)5-3-10/h2-6,13H,7H2,1H3,(H,17,19)/t13-/m0/s1. The zero-order chi connectivity index (χ0) is 14.5. The molecule has 1 N–H and O–H groups in total. The maximum atomic E-state index is 11.9. The van der Waals surface area contributed by atoms with Gasteiger partial charge < -0.3 is 9.84 Å². The zero-order valence-corrected chi connectivity index (χ0v) is 11.5. The Morgan fingerprint density at radius 1 is 1.50 bits per heavy atom. The number of benzene rings is 1. The van der Waals surface area contributed by atoms with Crippen molar-refractivity contribution >= 4 is 17.5 Å². The van der Waals surface area contributed by atoms with E-state index in [-0.39, 0.29) is 12.3 Å². The van der Waals surface area contributed by atoms with Crippen LogP contribution in [-0.4, -0.2) is 11.1 Å². The van der Waals surface area contributed by atoms with Crippen molar-refractivity contribution in [1.29, 1.82) is 5.26 Å². The molecular weight excluding hydrogens is 278 g/mol. The first-order valence-corrected chi connectivity index (χ1v) is 6.33. The molecule has 0 aliphatic heterocycles. The number of aryl methyl sites for hydroxylation is 1. The van der Waals surface area contributed by atoms with Crippen LogP contribution in [0.4, 0.5) is 0 Å². The summed E-state index contributed by atoms with van der Waals surface area (Å²) in [7, 11) is 0. The zero-order valence-electron chi connectivity index (χ0n) is 10.8. The van der Waals surface area contributed by atoms with E-state index in [0.717, 1.165) is 0 Å². The van der Waals surface area contributed by atoms with Crippen LogP contribution in [-0.2, 0) is 11.2 Å². The Kier molecular flexibility index (Phi) is 4.38. The summed E-state index contributed by atoms with van der Waals surface area (Å²) in [4.78, 5) is 11.9. The number of nitrogens with zero attached hydrogens (tertiary/aromatic N) is 2. The minimum absolute atomic E-state index is 0.0725. The van der Waals surface area contributed by atoms with Gasteiger partial charge in [-0.3, -0.25) is 4.79 Å². The molecule has 102 valence electrons. The summed E-state index contributed by atoms with van der Waals surface area (Å²) in [6.07, 6.45) is 0.0725. The molecule has 0 fully saturated rings. The molecule has 0 radical (unpaired) electrons. The number of hydrogen-bond donors (Lipinski definition) is 1. The fourth-order valence-corrected chi connectivity index (χ4v) is 1.85. The highest BCUT2D eigenvalue weighted by atomic mass is 35.5. The SMILES string of the molecule is Cc1cc(CC(=O)N[C@@H](C#N)c2ccc(Cl)cc2)no1. The van der Waals surface area contributed by atoms with Gasteiger partial charge in [0.05, 0.1) is 18.2 Å². The van der Waals surface area contributed by atoms with Crippen molar-refractivity contribution < 1.29 is 9.32 Å². The van der Waals surface area contributed by atoms with Crippen LogP contribution < -0.4 is 5.32 Å². The molecule has 5 nitrogen and oxygen atoms in total. The Hall–Kier alpha value is -2.32. The molecule has 0 unspecified atom stereocenters. The van der Waals surface area contributed by atoms with Gasteiger partial charge in [0.15, 0.2) is 0 Å². The monoisotopic (exact) mass is 289 g/mol. The maximum absolute atomic E-state index is 11.9. The normalized spacial score (nSPS) is 11.7. The fraction of sp³-hybridized carbons (Fsp3) is 0.214. The lowest BCUT2D eigenvalue weighted by molar-refractivity contribution is -0.120. The minimum Gasteiger partial charge on any atom is -0.361 e. The summed E-state index contributed by atoms with van der Waals surface area (Å²) in [5.74, 6) is 0.349. The molecule has 1 atom stereocenters. The van der Waals surface area contributed by atoms with Gasteiger partial charge >= 0.3 is 0 Å². The fourth-order valence-electron chi connectivity index (χ4n) is 1.72. The van der Waals surface area contributed by atoms with E-state index in [9.17, 15) is 4.79 Å². The Balaban J connectivity index is 2.01. The van der Waals surface area contributed by atoms with Crippen molar-refractivity contribution in [2.24, 2.45) is 0 Å². The quantitative estimate of drug-likeness (QED) is 0.938. The van der Waals surface area contributed by atoms with Crippen LogP contribution in [0.2, 0.25) is 5.02 Å². The van der Waals surface area contributed by atoms with Gasteiger partial charge in [0, 0.05) is 11.1 Å². The Bertz CT molecular complexity index is 643. The third kappa shape index (κ3) is 3.59. The van der Waals surface area contributed by atoms with E-state index >= 15 is 0 Å². The average molecular weight is 290 g/mol. The van der Waals surface area contributed by atoms with Crippen molar-refractivity contribution in [3.63, 3.8) is 0 Å². The number of nitrogens with one attached hydrogen (secondary N) is 1. The molecule has 1 aromatic heterocycles. The lowest BCUT2D eigenvalue weighted by Crippen LogP contribution is -2.29. The molecule has 2 aromatic rings. The lowest BCUT2D eigenvalue weighted by atomic mass is 10.1. The first-order valence-electron chi connectivity index (χ1n) is 5.95. The number of aromatic nitrogens is 1. The third-order valence-electron chi connectivity index (χ3n) is 2.66. The molecular formula is C14H12ClN3O2. The third-order valence-corrected chi connectivity index (χ3v) is 2.91. The Labute approximate surface area is 121 Å². The summed E-state index contributed by atoms with van der Waals surface area (Å²) in [6, 6.07) is 9.77. The number of rotatable bonds is 4. The van der Waals surface area contributed by atoms with Crippen LogP contribution in [0, 0.1) is 18.3 Å². The first-order chi connectivity index (χ1) is 9.58. The molecule has 0 saturated heterocycles. The highest BCUT2D eigenvalue weighted by Gasteiger charge is 2.15. The Morgan fingerprint density at radius 3 is 2.75 bits per heavy atom. The molecule has 20 heavy (non-hydrogen) atoms. The van der Waals surface area contributed by atoms with Crippen molar-refractivity contribution in [3.05, 3.63) is 52.4 Å². The van der Waals surface area contributed by atoms with Crippen LogP contribution in [0.25, 0.3) is 0 Å². The van der Waals surface area contributed by atoms with Gasteiger partial charge in [-0.25, -0.2) is 0 Å². The molecule has 0 aliphatic carbocycles. The molecule has 2 rings (SSSR count).